The van der Waals surface area contributed by atoms with Crippen LogP contribution in [0.3, 0.4) is 0 Å². The summed E-state index contributed by atoms with van der Waals surface area (Å²) in [4.78, 5) is 0. The summed E-state index contributed by atoms with van der Waals surface area (Å²) in [7, 11) is 0. The summed E-state index contributed by atoms with van der Waals surface area (Å²) >= 11 is 6.39. The fourth-order valence-electron chi connectivity index (χ4n) is 2.71. The van der Waals surface area contributed by atoms with E-state index in [0.29, 0.717) is 0 Å². The van der Waals surface area contributed by atoms with Crippen molar-refractivity contribution in [3.05, 3.63) is 90.0 Å². The number of halogens is 1. The van der Waals surface area contributed by atoms with Gasteiger partial charge in [-0.3, -0.25) is 0 Å². The Hall–Kier alpha value is -2.16. The van der Waals surface area contributed by atoms with Crippen LogP contribution in [0, 0.1) is 0 Å². The standard InChI is InChI=1S/C21H21ClNO/c22-20(18-8-3-1-4-9-18)12-7-13-21(19-10-5-2-6-11-19)23-14-16-24-17-15-23/h1-13H,14-17H2/q+1/b13-7+,20-12+. The van der Waals surface area contributed by atoms with Crippen molar-refractivity contribution in [1.82, 2.24) is 0 Å². The highest BCUT2D eigenvalue weighted by Gasteiger charge is 2.17. The van der Waals surface area contributed by atoms with Gasteiger partial charge in [0, 0.05) is 16.7 Å². The zero-order valence-electron chi connectivity index (χ0n) is 13.6. The largest absolute Gasteiger partial charge is 0.368 e. The van der Waals surface area contributed by atoms with Crippen molar-refractivity contribution in [3.63, 3.8) is 0 Å². The maximum atomic E-state index is 6.39. The van der Waals surface area contributed by atoms with Crippen LogP contribution in [0.2, 0.25) is 0 Å². The van der Waals surface area contributed by atoms with Crippen LogP contribution in [-0.4, -0.2) is 36.6 Å². The predicted molar refractivity (Wildman–Crippen MR) is 101 cm³/mol. The monoisotopic (exact) mass is 338 g/mol. The van der Waals surface area contributed by atoms with Crippen LogP contribution in [0.25, 0.3) is 5.03 Å². The average Bonchev–Trinajstić information content (AvgIpc) is 2.67. The zero-order valence-corrected chi connectivity index (χ0v) is 14.3. The van der Waals surface area contributed by atoms with Crippen LogP contribution in [0.15, 0.2) is 78.9 Å². The Bertz CT molecular complexity index is 740. The van der Waals surface area contributed by atoms with Crippen LogP contribution in [-0.2, 0) is 4.74 Å². The number of hydrogen-bond donors (Lipinski definition) is 0. The Morgan fingerprint density at radius 1 is 0.875 bits per heavy atom. The molecule has 0 spiro atoms. The lowest BCUT2D eigenvalue weighted by molar-refractivity contribution is -0.548. The Morgan fingerprint density at radius 2 is 1.46 bits per heavy atom. The molecule has 0 aromatic heterocycles. The third-order valence-electron chi connectivity index (χ3n) is 3.97. The van der Waals surface area contributed by atoms with Crippen molar-refractivity contribution in [2.75, 3.05) is 26.3 Å². The van der Waals surface area contributed by atoms with Gasteiger partial charge in [0.05, 0.1) is 0 Å². The van der Waals surface area contributed by atoms with E-state index in [1.165, 1.54) is 11.3 Å². The van der Waals surface area contributed by atoms with E-state index in [1.54, 1.807) is 0 Å². The molecule has 0 amide bonds. The third-order valence-corrected chi connectivity index (χ3v) is 4.31. The molecule has 0 unspecified atom stereocenters. The molecule has 1 saturated heterocycles. The van der Waals surface area contributed by atoms with Crippen molar-refractivity contribution in [2.24, 2.45) is 0 Å². The number of ether oxygens (including phenoxy) is 1. The topological polar surface area (TPSA) is 12.2 Å². The van der Waals surface area contributed by atoms with Gasteiger partial charge < -0.3 is 4.74 Å². The number of morpholine rings is 1. The second-order valence-electron chi connectivity index (χ2n) is 5.59. The van der Waals surface area contributed by atoms with Gasteiger partial charge >= 0.3 is 0 Å². The molecular formula is C21H21ClNO+. The highest BCUT2D eigenvalue weighted by atomic mass is 35.5. The molecule has 2 aromatic rings. The Morgan fingerprint density at radius 3 is 2.08 bits per heavy atom. The number of benzene rings is 2. The highest BCUT2D eigenvalue weighted by Crippen LogP contribution is 2.18. The summed E-state index contributed by atoms with van der Waals surface area (Å²) in [5.41, 5.74) is 3.43. The molecule has 122 valence electrons. The fraction of sp³-hybridized carbons (Fsp3) is 0.190. The minimum atomic E-state index is 0.737. The van der Waals surface area contributed by atoms with E-state index in [4.69, 9.17) is 16.3 Å². The van der Waals surface area contributed by atoms with E-state index in [-0.39, 0.29) is 0 Å². The predicted octanol–water partition coefficient (Wildman–Crippen LogP) is 4.35. The van der Waals surface area contributed by atoms with Crippen LogP contribution >= 0.6 is 11.6 Å². The summed E-state index contributed by atoms with van der Waals surface area (Å²) in [5.74, 6) is 0. The maximum absolute atomic E-state index is 6.39. The van der Waals surface area contributed by atoms with Crippen LogP contribution in [0.4, 0.5) is 0 Å². The molecular weight excluding hydrogens is 318 g/mol. The van der Waals surface area contributed by atoms with Crippen molar-refractivity contribution < 1.29 is 9.31 Å². The first-order chi connectivity index (χ1) is 11.8. The van der Waals surface area contributed by atoms with Gasteiger partial charge in [0.15, 0.2) is 13.1 Å². The van der Waals surface area contributed by atoms with Gasteiger partial charge in [-0.15, -0.1) is 0 Å². The molecule has 0 aliphatic carbocycles. The normalized spacial score (nSPS) is 15.7. The number of hydrogen-bond acceptors (Lipinski definition) is 1. The lowest BCUT2D eigenvalue weighted by atomic mass is 10.1. The van der Waals surface area contributed by atoms with Gasteiger partial charge in [0.1, 0.15) is 13.2 Å². The first-order valence-corrected chi connectivity index (χ1v) is 8.57. The Labute approximate surface area is 148 Å². The summed E-state index contributed by atoms with van der Waals surface area (Å²) in [5, 5.41) is 0.737. The van der Waals surface area contributed by atoms with Crippen LogP contribution < -0.4 is 0 Å². The zero-order chi connectivity index (χ0) is 16.6. The van der Waals surface area contributed by atoms with Gasteiger partial charge in [-0.05, 0) is 23.8 Å². The molecule has 2 aromatic carbocycles. The van der Waals surface area contributed by atoms with Crippen molar-refractivity contribution in [1.29, 1.82) is 0 Å². The van der Waals surface area contributed by atoms with E-state index in [9.17, 15) is 0 Å². The number of allylic oxidation sites excluding steroid dienone is 3. The summed E-state index contributed by atoms with van der Waals surface area (Å²) in [6.07, 6.45) is 6.10. The maximum Gasteiger partial charge on any atom is 0.207 e. The van der Waals surface area contributed by atoms with E-state index < -0.39 is 0 Å². The molecule has 2 nitrogen and oxygen atoms in total. The molecule has 3 rings (SSSR count). The van der Waals surface area contributed by atoms with Gasteiger partial charge in [0.2, 0.25) is 5.71 Å². The molecule has 0 radical (unpaired) electrons. The van der Waals surface area contributed by atoms with Crippen molar-refractivity contribution in [2.45, 2.75) is 0 Å². The SMILES string of the molecule is Cl/C(=C/C=C/C(c1ccccc1)=[N+]1CCOCC1)c1ccccc1. The Kier molecular flexibility index (Phi) is 6.00. The summed E-state index contributed by atoms with van der Waals surface area (Å²) in [6.45, 7) is 3.35. The number of rotatable bonds is 4. The van der Waals surface area contributed by atoms with Crippen molar-refractivity contribution >= 4 is 22.3 Å². The van der Waals surface area contributed by atoms with Gasteiger partial charge in [-0.2, -0.15) is 0 Å². The van der Waals surface area contributed by atoms with Gasteiger partial charge in [-0.25, -0.2) is 4.58 Å². The second-order valence-corrected chi connectivity index (χ2v) is 6.00. The van der Waals surface area contributed by atoms with E-state index in [0.717, 1.165) is 36.9 Å². The molecule has 0 N–H and O–H groups in total. The van der Waals surface area contributed by atoms with E-state index in [2.05, 4.69) is 34.9 Å². The molecule has 0 bridgehead atoms. The molecule has 3 heteroatoms. The molecule has 1 heterocycles. The average molecular weight is 339 g/mol. The lowest BCUT2D eigenvalue weighted by Gasteiger charge is -2.13. The Balaban J connectivity index is 1.87. The number of nitrogens with zero attached hydrogens (tertiary/aromatic N) is 1. The minimum Gasteiger partial charge on any atom is -0.368 e. The smallest absolute Gasteiger partial charge is 0.207 e. The molecule has 1 fully saturated rings. The first-order valence-electron chi connectivity index (χ1n) is 8.19. The molecule has 1 aliphatic heterocycles. The lowest BCUT2D eigenvalue weighted by Crippen LogP contribution is -2.33. The van der Waals surface area contributed by atoms with Crippen LogP contribution in [0.1, 0.15) is 11.1 Å². The quantitative estimate of drug-likeness (QED) is 0.596. The van der Waals surface area contributed by atoms with Crippen molar-refractivity contribution in [3.8, 4) is 0 Å². The summed E-state index contributed by atoms with van der Waals surface area (Å²) < 4.78 is 7.83. The van der Waals surface area contributed by atoms with E-state index in [1.807, 2.05) is 48.6 Å². The van der Waals surface area contributed by atoms with Gasteiger partial charge in [0.25, 0.3) is 0 Å². The first kappa shape index (κ1) is 16.7. The fourth-order valence-corrected chi connectivity index (χ4v) is 2.91. The third kappa shape index (κ3) is 4.44. The van der Waals surface area contributed by atoms with Gasteiger partial charge in [-0.1, -0.05) is 66.2 Å². The summed E-state index contributed by atoms with van der Waals surface area (Å²) in [6, 6.07) is 20.4. The van der Waals surface area contributed by atoms with E-state index >= 15 is 0 Å². The highest BCUT2D eigenvalue weighted by molar-refractivity contribution is 6.48. The molecule has 1 aliphatic rings. The minimum absolute atomic E-state index is 0.737. The molecule has 0 saturated carbocycles. The molecule has 24 heavy (non-hydrogen) atoms. The second kappa shape index (κ2) is 8.62. The van der Waals surface area contributed by atoms with Crippen LogP contribution in [0.5, 0.6) is 0 Å². The molecule has 0 atom stereocenters.